The van der Waals surface area contributed by atoms with Crippen molar-refractivity contribution in [2.45, 2.75) is 149 Å². The third-order valence-corrected chi connectivity index (χ3v) is 8.85. The Bertz CT molecular complexity index is 432. The fourth-order valence-corrected chi connectivity index (χ4v) is 6.60. The van der Waals surface area contributed by atoms with Crippen LogP contribution in [0, 0.1) is 35.5 Å². The zero-order valence-corrected chi connectivity index (χ0v) is 22.1. The molecule has 0 aliphatic heterocycles. The second-order valence-corrected chi connectivity index (χ2v) is 11.8. The Morgan fingerprint density at radius 1 is 0.750 bits per heavy atom. The highest BCUT2D eigenvalue weighted by molar-refractivity contribution is 4.81. The van der Waals surface area contributed by atoms with E-state index in [0.29, 0.717) is 0 Å². The average Bonchev–Trinajstić information content (AvgIpc) is 2.93. The monoisotopic (exact) mass is 462 g/mol. The number of halogens is 1. The summed E-state index contributed by atoms with van der Waals surface area (Å²) < 4.78 is 13.3. The van der Waals surface area contributed by atoms with E-state index in [1.165, 1.54) is 96.3 Å². The van der Waals surface area contributed by atoms with E-state index in [2.05, 4.69) is 27.7 Å². The first kappa shape index (κ1) is 31.9. The summed E-state index contributed by atoms with van der Waals surface area (Å²) in [7, 11) is 0. The van der Waals surface area contributed by atoms with E-state index in [1.807, 2.05) is 0 Å². The van der Waals surface area contributed by atoms with Gasteiger partial charge in [-0.25, -0.2) is 4.39 Å². The van der Waals surface area contributed by atoms with Gasteiger partial charge in [0.1, 0.15) is 6.17 Å². The maximum absolute atomic E-state index is 13.3. The van der Waals surface area contributed by atoms with Gasteiger partial charge in [0.25, 0.3) is 0 Å². The third kappa shape index (κ3) is 12.9. The van der Waals surface area contributed by atoms with Crippen molar-refractivity contribution < 1.29 is 18.2 Å². The van der Waals surface area contributed by atoms with E-state index < -0.39 is 6.17 Å². The molecule has 3 saturated carbocycles. The van der Waals surface area contributed by atoms with Crippen LogP contribution < -0.4 is 0 Å². The molecule has 3 fully saturated rings. The van der Waals surface area contributed by atoms with Gasteiger partial charge in [-0.1, -0.05) is 111 Å². The van der Waals surface area contributed by atoms with Gasteiger partial charge in [-0.2, -0.15) is 0 Å². The lowest BCUT2D eigenvalue weighted by molar-refractivity contribution is 0.121. The van der Waals surface area contributed by atoms with Crippen LogP contribution in [0.1, 0.15) is 146 Å². The van der Waals surface area contributed by atoms with Crippen LogP contribution in [0.15, 0.2) is 0 Å². The minimum atomic E-state index is -0.479. The fourth-order valence-electron chi connectivity index (χ4n) is 6.60. The highest BCUT2D eigenvalue weighted by atomic mass is 19.1. The summed E-state index contributed by atoms with van der Waals surface area (Å²) in [6, 6.07) is 0. The zero-order chi connectivity index (χ0) is 21.8. The average molecular weight is 463 g/mol. The maximum atomic E-state index is 13.3. The summed E-state index contributed by atoms with van der Waals surface area (Å²) in [5.74, 6) is 5.56. The number of rotatable bonds is 7. The highest BCUT2D eigenvalue weighted by Crippen LogP contribution is 2.40. The van der Waals surface area contributed by atoms with Crippen LogP contribution in [0.25, 0.3) is 0 Å². The van der Waals surface area contributed by atoms with Gasteiger partial charge < -0.3 is 11.0 Å². The molecular formula is C29H63FO2. The lowest BCUT2D eigenvalue weighted by Gasteiger charge is -2.35. The molecule has 0 radical (unpaired) electrons. The van der Waals surface area contributed by atoms with Crippen LogP contribution in [-0.2, 0) is 0 Å². The van der Waals surface area contributed by atoms with Crippen LogP contribution in [0.5, 0.6) is 0 Å². The number of alkyl halides is 1. The molecule has 4 unspecified atom stereocenters. The van der Waals surface area contributed by atoms with Crippen LogP contribution in [0.3, 0.4) is 0 Å². The predicted octanol–water partition coefficient (Wildman–Crippen LogP) is 8.99. The molecule has 0 amide bonds. The van der Waals surface area contributed by atoms with Crippen molar-refractivity contribution in [3.05, 3.63) is 0 Å². The normalized spacial score (nSPS) is 34.0. The molecule has 5 atom stereocenters. The summed E-state index contributed by atoms with van der Waals surface area (Å²) in [5, 5.41) is 0. The predicted molar refractivity (Wildman–Crippen MR) is 143 cm³/mol. The summed E-state index contributed by atoms with van der Waals surface area (Å²) in [5.41, 5.74) is 0. The Morgan fingerprint density at radius 3 is 2.03 bits per heavy atom. The van der Waals surface area contributed by atoms with Crippen LogP contribution >= 0.6 is 0 Å². The van der Waals surface area contributed by atoms with Crippen molar-refractivity contribution in [2.24, 2.45) is 35.5 Å². The molecule has 0 spiro atoms. The minimum absolute atomic E-state index is 0. The molecule has 0 aromatic carbocycles. The van der Waals surface area contributed by atoms with E-state index >= 15 is 0 Å². The van der Waals surface area contributed by atoms with Gasteiger partial charge in [0.05, 0.1) is 0 Å². The van der Waals surface area contributed by atoms with Crippen molar-refractivity contribution >= 4 is 0 Å². The minimum Gasteiger partial charge on any atom is -0.412 e. The van der Waals surface area contributed by atoms with E-state index in [1.54, 1.807) is 0 Å². The van der Waals surface area contributed by atoms with Gasteiger partial charge in [0.2, 0.25) is 0 Å². The Balaban J connectivity index is -0.000000508. The Hall–Kier alpha value is -0.150. The Morgan fingerprint density at radius 2 is 1.38 bits per heavy atom. The van der Waals surface area contributed by atoms with Crippen molar-refractivity contribution in [3.63, 3.8) is 0 Å². The van der Waals surface area contributed by atoms with Crippen molar-refractivity contribution in [1.82, 2.24) is 0 Å². The molecule has 4 N–H and O–H groups in total. The second-order valence-electron chi connectivity index (χ2n) is 11.8. The SMILES string of the molecule is CC1CCC([C@H]2CCCC(F)C2)CC1.CCCC(C)CCCC1CCCC(C)CC1.O.O.[HH].[HH]. The topological polar surface area (TPSA) is 63.0 Å². The molecule has 0 aromatic rings. The van der Waals surface area contributed by atoms with Gasteiger partial charge in [0.15, 0.2) is 0 Å². The lowest BCUT2D eigenvalue weighted by Crippen LogP contribution is -2.26. The fraction of sp³-hybridized carbons (Fsp3) is 1.00. The van der Waals surface area contributed by atoms with Crippen molar-refractivity contribution in [3.8, 4) is 0 Å². The molecular weight excluding hydrogens is 399 g/mol. The number of hydrogen-bond acceptors (Lipinski definition) is 0. The highest BCUT2D eigenvalue weighted by Gasteiger charge is 2.30. The van der Waals surface area contributed by atoms with Crippen molar-refractivity contribution in [1.29, 1.82) is 0 Å². The van der Waals surface area contributed by atoms with Crippen LogP contribution in [0.2, 0.25) is 0 Å². The van der Waals surface area contributed by atoms with Gasteiger partial charge in [-0.15, -0.1) is 0 Å². The smallest absolute Gasteiger partial charge is 0.100 e. The lowest BCUT2D eigenvalue weighted by atomic mass is 9.71. The molecule has 0 heterocycles. The molecule has 198 valence electrons. The molecule has 3 heteroatoms. The van der Waals surface area contributed by atoms with E-state index in [-0.39, 0.29) is 13.8 Å². The van der Waals surface area contributed by atoms with Crippen LogP contribution in [0.4, 0.5) is 4.39 Å². The number of hydrogen-bond donors (Lipinski definition) is 0. The van der Waals surface area contributed by atoms with E-state index in [9.17, 15) is 4.39 Å². The largest absolute Gasteiger partial charge is 0.412 e. The van der Waals surface area contributed by atoms with Crippen molar-refractivity contribution in [2.75, 3.05) is 0 Å². The Kier molecular flexibility index (Phi) is 18.1. The summed E-state index contributed by atoms with van der Waals surface area (Å²) >= 11 is 0. The molecule has 0 bridgehead atoms. The third-order valence-electron chi connectivity index (χ3n) is 8.85. The van der Waals surface area contributed by atoms with E-state index in [0.717, 1.165) is 54.8 Å². The summed E-state index contributed by atoms with van der Waals surface area (Å²) in [6.45, 7) is 9.53. The standard InChI is InChI=1S/C16H32.C13H23F.2H2O.2H2/c1-4-7-14(2)8-5-10-16-11-6-9-15(3)12-13-16;1-10-5-7-11(8-6-10)12-3-2-4-13(14)9-12;;;;/h14-16H,4-13H2,1-3H3;10-13H,2-9H2,1H3;2*1H2;2*1H/t;10?,11?,12-,13?;;;;/m.0..../s1. The molecule has 3 rings (SSSR count). The van der Waals surface area contributed by atoms with Gasteiger partial charge >= 0.3 is 0 Å². The summed E-state index contributed by atoms with van der Waals surface area (Å²) in [6.07, 6.45) is 24.0. The molecule has 3 aliphatic carbocycles. The molecule has 2 nitrogen and oxygen atoms in total. The van der Waals surface area contributed by atoms with Crippen LogP contribution in [-0.4, -0.2) is 17.1 Å². The maximum Gasteiger partial charge on any atom is 0.100 e. The van der Waals surface area contributed by atoms with Gasteiger partial charge in [0, 0.05) is 2.85 Å². The zero-order valence-electron chi connectivity index (χ0n) is 22.1. The first-order valence-corrected chi connectivity index (χ1v) is 14.1. The molecule has 3 aliphatic rings. The van der Waals surface area contributed by atoms with Gasteiger partial charge in [-0.3, -0.25) is 0 Å². The molecule has 0 aromatic heterocycles. The first-order valence-electron chi connectivity index (χ1n) is 14.1. The first-order chi connectivity index (χ1) is 14.5. The quantitative estimate of drug-likeness (QED) is 0.339. The molecule has 0 saturated heterocycles. The van der Waals surface area contributed by atoms with E-state index in [4.69, 9.17) is 0 Å². The molecule has 32 heavy (non-hydrogen) atoms. The second kappa shape index (κ2) is 18.2. The Labute approximate surface area is 203 Å². The summed E-state index contributed by atoms with van der Waals surface area (Å²) in [4.78, 5) is 0. The van der Waals surface area contributed by atoms with Gasteiger partial charge in [-0.05, 0) is 67.6 Å².